The van der Waals surface area contributed by atoms with Crippen molar-refractivity contribution in [2.24, 2.45) is 0 Å². The molecule has 3 N–H and O–H groups in total. The van der Waals surface area contributed by atoms with Gasteiger partial charge < -0.3 is 15.6 Å². The molecule has 0 atom stereocenters. The standard InChI is InChI=1S/C11H13NO3/c1-15-11(14)9-5-7(12)4-8(10(9)13)6-2-3-6/h4-6,13H,2-3,12H2,1H3. The molecule has 0 heterocycles. The summed E-state index contributed by atoms with van der Waals surface area (Å²) in [6.45, 7) is 0. The first kappa shape index (κ1) is 9.83. The van der Waals surface area contributed by atoms with Crippen LogP contribution >= 0.6 is 0 Å². The van der Waals surface area contributed by atoms with E-state index in [1.807, 2.05) is 0 Å². The van der Waals surface area contributed by atoms with Crippen LogP contribution < -0.4 is 5.73 Å². The second-order valence-electron chi connectivity index (χ2n) is 3.77. The molecule has 0 saturated heterocycles. The van der Waals surface area contributed by atoms with Crippen LogP contribution in [0, 0.1) is 0 Å². The van der Waals surface area contributed by atoms with Gasteiger partial charge in [-0.05, 0) is 36.5 Å². The Labute approximate surface area is 87.7 Å². The van der Waals surface area contributed by atoms with Crippen molar-refractivity contribution in [3.05, 3.63) is 23.3 Å². The molecule has 1 saturated carbocycles. The van der Waals surface area contributed by atoms with E-state index >= 15 is 0 Å². The second kappa shape index (κ2) is 3.46. The van der Waals surface area contributed by atoms with Crippen molar-refractivity contribution in [3.63, 3.8) is 0 Å². The quantitative estimate of drug-likeness (QED) is 0.439. The average Bonchev–Trinajstić information content (AvgIpc) is 3.03. The Morgan fingerprint density at radius 1 is 1.53 bits per heavy atom. The number of carbonyl (C=O) groups is 1. The largest absolute Gasteiger partial charge is 0.507 e. The first-order valence-corrected chi connectivity index (χ1v) is 4.84. The Bertz CT molecular complexity index is 411. The second-order valence-corrected chi connectivity index (χ2v) is 3.77. The molecule has 0 aliphatic heterocycles. The van der Waals surface area contributed by atoms with Crippen molar-refractivity contribution in [2.75, 3.05) is 12.8 Å². The fraction of sp³-hybridized carbons (Fsp3) is 0.364. The number of phenolic OH excluding ortho intramolecular Hbond substituents is 1. The molecular weight excluding hydrogens is 194 g/mol. The molecule has 15 heavy (non-hydrogen) atoms. The van der Waals surface area contributed by atoms with Gasteiger partial charge in [0.15, 0.2) is 0 Å². The van der Waals surface area contributed by atoms with Crippen LogP contribution in [-0.2, 0) is 4.74 Å². The number of anilines is 1. The van der Waals surface area contributed by atoms with Gasteiger partial charge in [-0.1, -0.05) is 0 Å². The molecule has 1 aromatic carbocycles. The van der Waals surface area contributed by atoms with E-state index < -0.39 is 5.97 Å². The Kier molecular flexibility index (Phi) is 2.26. The highest BCUT2D eigenvalue weighted by Crippen LogP contribution is 2.45. The minimum Gasteiger partial charge on any atom is -0.507 e. The molecule has 0 unspecified atom stereocenters. The highest BCUT2D eigenvalue weighted by Gasteiger charge is 2.29. The van der Waals surface area contributed by atoms with Gasteiger partial charge in [0, 0.05) is 5.69 Å². The van der Waals surface area contributed by atoms with E-state index in [4.69, 9.17) is 5.73 Å². The molecule has 0 radical (unpaired) electrons. The SMILES string of the molecule is COC(=O)c1cc(N)cc(C2CC2)c1O. The van der Waals surface area contributed by atoms with Crippen molar-refractivity contribution in [1.82, 2.24) is 0 Å². The number of nitrogens with two attached hydrogens (primary N) is 1. The number of carbonyl (C=O) groups excluding carboxylic acids is 1. The predicted molar refractivity (Wildman–Crippen MR) is 55.8 cm³/mol. The van der Waals surface area contributed by atoms with Gasteiger partial charge in [0.25, 0.3) is 0 Å². The number of hydrogen-bond acceptors (Lipinski definition) is 4. The minimum atomic E-state index is -0.554. The lowest BCUT2D eigenvalue weighted by molar-refractivity contribution is 0.0597. The summed E-state index contributed by atoms with van der Waals surface area (Å²) in [6, 6.07) is 3.16. The third-order valence-corrected chi connectivity index (χ3v) is 2.58. The summed E-state index contributed by atoms with van der Waals surface area (Å²) < 4.78 is 4.57. The smallest absolute Gasteiger partial charge is 0.341 e. The number of methoxy groups -OCH3 is 1. The molecule has 0 bridgehead atoms. The van der Waals surface area contributed by atoms with E-state index in [2.05, 4.69) is 4.74 Å². The molecule has 2 rings (SSSR count). The maximum atomic E-state index is 11.3. The van der Waals surface area contributed by atoms with E-state index in [1.54, 1.807) is 6.07 Å². The van der Waals surface area contributed by atoms with Gasteiger partial charge >= 0.3 is 5.97 Å². The van der Waals surface area contributed by atoms with E-state index in [1.165, 1.54) is 13.2 Å². The van der Waals surface area contributed by atoms with E-state index in [0.717, 1.165) is 18.4 Å². The van der Waals surface area contributed by atoms with Gasteiger partial charge in [-0.15, -0.1) is 0 Å². The molecule has 1 aromatic rings. The normalized spacial score (nSPS) is 15.0. The molecule has 0 spiro atoms. The highest BCUT2D eigenvalue weighted by molar-refractivity contribution is 5.94. The van der Waals surface area contributed by atoms with Crippen molar-refractivity contribution < 1.29 is 14.6 Å². The van der Waals surface area contributed by atoms with Crippen LogP contribution in [0.1, 0.15) is 34.7 Å². The van der Waals surface area contributed by atoms with Crippen LogP contribution in [0.5, 0.6) is 5.75 Å². The fourth-order valence-electron chi connectivity index (χ4n) is 1.65. The molecule has 1 aliphatic rings. The number of rotatable bonds is 2. The Morgan fingerprint density at radius 3 is 2.73 bits per heavy atom. The summed E-state index contributed by atoms with van der Waals surface area (Å²) in [4.78, 5) is 11.3. The number of esters is 1. The first-order chi connectivity index (χ1) is 7.13. The number of nitrogen functional groups attached to an aromatic ring is 1. The number of ether oxygens (including phenoxy) is 1. The molecule has 80 valence electrons. The third-order valence-electron chi connectivity index (χ3n) is 2.58. The summed E-state index contributed by atoms with van der Waals surface area (Å²) in [5.41, 5.74) is 7.06. The van der Waals surface area contributed by atoms with Gasteiger partial charge in [0.2, 0.25) is 0 Å². The summed E-state index contributed by atoms with van der Waals surface area (Å²) >= 11 is 0. The summed E-state index contributed by atoms with van der Waals surface area (Å²) in [6.07, 6.45) is 2.08. The van der Waals surface area contributed by atoms with E-state index in [9.17, 15) is 9.90 Å². The van der Waals surface area contributed by atoms with Crippen LogP contribution in [-0.4, -0.2) is 18.2 Å². The number of benzene rings is 1. The van der Waals surface area contributed by atoms with Crippen molar-refractivity contribution in [1.29, 1.82) is 0 Å². The molecule has 0 aromatic heterocycles. The van der Waals surface area contributed by atoms with Crippen LogP contribution in [0.25, 0.3) is 0 Å². The Hall–Kier alpha value is -1.71. The van der Waals surface area contributed by atoms with Crippen molar-refractivity contribution in [2.45, 2.75) is 18.8 Å². The topological polar surface area (TPSA) is 72.5 Å². The van der Waals surface area contributed by atoms with E-state index in [-0.39, 0.29) is 11.3 Å². The van der Waals surface area contributed by atoms with Gasteiger partial charge in [-0.25, -0.2) is 4.79 Å². The number of hydrogen-bond donors (Lipinski definition) is 2. The van der Waals surface area contributed by atoms with E-state index in [0.29, 0.717) is 11.6 Å². The molecule has 0 amide bonds. The fourth-order valence-corrected chi connectivity index (χ4v) is 1.65. The lowest BCUT2D eigenvalue weighted by Gasteiger charge is -2.09. The lowest BCUT2D eigenvalue weighted by Crippen LogP contribution is -2.04. The monoisotopic (exact) mass is 207 g/mol. The van der Waals surface area contributed by atoms with Crippen LogP contribution in [0.4, 0.5) is 5.69 Å². The van der Waals surface area contributed by atoms with Gasteiger partial charge in [0.1, 0.15) is 11.3 Å². The van der Waals surface area contributed by atoms with Gasteiger partial charge in [-0.2, -0.15) is 0 Å². The predicted octanol–water partition coefficient (Wildman–Crippen LogP) is 1.64. The third kappa shape index (κ3) is 1.75. The molecule has 1 fully saturated rings. The molecule has 1 aliphatic carbocycles. The number of aromatic hydroxyl groups is 1. The minimum absolute atomic E-state index is 0.0125. The van der Waals surface area contributed by atoms with Crippen molar-refractivity contribution >= 4 is 11.7 Å². The van der Waals surface area contributed by atoms with Gasteiger partial charge in [0.05, 0.1) is 7.11 Å². The van der Waals surface area contributed by atoms with Crippen LogP contribution in [0.15, 0.2) is 12.1 Å². The summed E-state index contributed by atoms with van der Waals surface area (Å²) in [7, 11) is 1.28. The summed E-state index contributed by atoms with van der Waals surface area (Å²) in [5, 5.41) is 9.87. The molecular formula is C11H13NO3. The lowest BCUT2D eigenvalue weighted by atomic mass is 10.0. The maximum Gasteiger partial charge on any atom is 0.341 e. The Balaban J connectivity index is 2.49. The summed E-state index contributed by atoms with van der Waals surface area (Å²) in [5.74, 6) is -0.197. The zero-order valence-corrected chi connectivity index (χ0v) is 8.49. The maximum absolute atomic E-state index is 11.3. The van der Waals surface area contributed by atoms with Crippen molar-refractivity contribution in [3.8, 4) is 5.75 Å². The first-order valence-electron chi connectivity index (χ1n) is 4.84. The van der Waals surface area contributed by atoms with Crippen LogP contribution in [0.2, 0.25) is 0 Å². The highest BCUT2D eigenvalue weighted by atomic mass is 16.5. The van der Waals surface area contributed by atoms with Gasteiger partial charge in [-0.3, -0.25) is 0 Å². The molecule has 4 heteroatoms. The Morgan fingerprint density at radius 2 is 2.20 bits per heavy atom. The van der Waals surface area contributed by atoms with Crippen LogP contribution in [0.3, 0.4) is 0 Å². The number of phenols is 1. The zero-order chi connectivity index (χ0) is 11.0. The zero-order valence-electron chi connectivity index (χ0n) is 8.49. The average molecular weight is 207 g/mol. The molecule has 4 nitrogen and oxygen atoms in total.